The molecule has 0 radical (unpaired) electrons. The third-order valence-corrected chi connectivity index (χ3v) is 2.56. The van der Waals surface area contributed by atoms with Crippen LogP contribution in [0.5, 0.6) is 5.75 Å². The third kappa shape index (κ3) is 3.16. The van der Waals surface area contributed by atoms with Crippen molar-refractivity contribution in [1.82, 2.24) is 0 Å². The van der Waals surface area contributed by atoms with Gasteiger partial charge >= 0.3 is 5.97 Å². The highest BCUT2D eigenvalue weighted by atomic mass is 19.1. The minimum absolute atomic E-state index is 0.291. The summed E-state index contributed by atoms with van der Waals surface area (Å²) in [4.78, 5) is 11.8. The third-order valence-electron chi connectivity index (χ3n) is 2.56. The fraction of sp³-hybridized carbons (Fsp3) is 0.133. The van der Waals surface area contributed by atoms with Crippen LogP contribution in [0.25, 0.3) is 0 Å². The van der Waals surface area contributed by atoms with E-state index in [0.717, 1.165) is 23.3 Å². The second kappa shape index (κ2) is 5.18. The summed E-state index contributed by atoms with van der Waals surface area (Å²) >= 11 is 0. The van der Waals surface area contributed by atoms with Crippen molar-refractivity contribution < 1.29 is 18.3 Å². The van der Waals surface area contributed by atoms with Gasteiger partial charge in [-0.25, -0.2) is 13.6 Å². The average Bonchev–Trinajstić information content (AvgIpc) is 2.26. The van der Waals surface area contributed by atoms with Crippen LogP contribution in [0.1, 0.15) is 21.5 Å². The predicted molar refractivity (Wildman–Crippen MR) is 67.2 cm³/mol. The highest BCUT2D eigenvalue weighted by molar-refractivity contribution is 5.91. The zero-order valence-electron chi connectivity index (χ0n) is 10.5. The molecule has 2 aromatic carbocycles. The molecule has 2 aromatic rings. The average molecular weight is 262 g/mol. The van der Waals surface area contributed by atoms with Gasteiger partial charge in [-0.3, -0.25) is 0 Å². The van der Waals surface area contributed by atoms with Crippen molar-refractivity contribution in [2.24, 2.45) is 0 Å². The molecule has 0 atom stereocenters. The van der Waals surface area contributed by atoms with E-state index in [9.17, 15) is 13.6 Å². The molecule has 0 aliphatic rings. The van der Waals surface area contributed by atoms with Crippen LogP contribution >= 0.6 is 0 Å². The van der Waals surface area contributed by atoms with Crippen LogP contribution in [-0.4, -0.2) is 5.97 Å². The maximum atomic E-state index is 13.4. The molecular formula is C15H12F2O2. The summed E-state index contributed by atoms with van der Waals surface area (Å²) in [6.07, 6.45) is 0. The zero-order chi connectivity index (χ0) is 14.0. The van der Waals surface area contributed by atoms with Crippen molar-refractivity contribution in [3.05, 3.63) is 64.7 Å². The van der Waals surface area contributed by atoms with Gasteiger partial charge in [0.2, 0.25) is 0 Å². The van der Waals surface area contributed by atoms with Crippen molar-refractivity contribution in [2.45, 2.75) is 13.8 Å². The fourth-order valence-corrected chi connectivity index (χ4v) is 1.81. The molecule has 2 nitrogen and oxygen atoms in total. The van der Waals surface area contributed by atoms with Crippen LogP contribution in [0.3, 0.4) is 0 Å². The summed E-state index contributed by atoms with van der Waals surface area (Å²) in [5.74, 6) is -2.18. The van der Waals surface area contributed by atoms with Crippen molar-refractivity contribution >= 4 is 5.97 Å². The van der Waals surface area contributed by atoms with E-state index in [2.05, 4.69) is 0 Å². The molecule has 19 heavy (non-hydrogen) atoms. The Hall–Kier alpha value is -2.23. The van der Waals surface area contributed by atoms with Crippen molar-refractivity contribution in [2.75, 3.05) is 0 Å². The first kappa shape index (κ1) is 13.2. The number of rotatable bonds is 2. The van der Waals surface area contributed by atoms with E-state index in [1.165, 1.54) is 0 Å². The summed E-state index contributed by atoms with van der Waals surface area (Å²) < 4.78 is 31.3. The predicted octanol–water partition coefficient (Wildman–Crippen LogP) is 3.80. The standard InChI is InChI=1S/C15H12F2O2/c1-9-5-10(2)7-12(6-9)19-15(18)13-4-3-11(16)8-14(13)17/h3-8H,1-2H3. The van der Waals surface area contributed by atoms with Gasteiger partial charge in [-0.15, -0.1) is 0 Å². The SMILES string of the molecule is Cc1cc(C)cc(OC(=O)c2ccc(F)cc2F)c1. The van der Waals surface area contributed by atoms with Crippen LogP contribution < -0.4 is 4.74 Å². The molecule has 0 bridgehead atoms. The topological polar surface area (TPSA) is 26.3 Å². The number of carbonyl (C=O) groups excluding carboxylic acids is 1. The molecule has 0 heterocycles. The molecule has 0 amide bonds. The Morgan fingerprint density at radius 3 is 2.21 bits per heavy atom. The smallest absolute Gasteiger partial charge is 0.346 e. The van der Waals surface area contributed by atoms with Gasteiger partial charge in [0.05, 0.1) is 5.56 Å². The van der Waals surface area contributed by atoms with Crippen LogP contribution in [-0.2, 0) is 0 Å². The molecule has 0 spiro atoms. The molecule has 4 heteroatoms. The summed E-state index contributed by atoms with van der Waals surface area (Å²) in [6.45, 7) is 3.73. The molecule has 0 saturated carbocycles. The number of hydrogen-bond acceptors (Lipinski definition) is 2. The highest BCUT2D eigenvalue weighted by Crippen LogP contribution is 2.19. The Kier molecular flexibility index (Phi) is 3.60. The quantitative estimate of drug-likeness (QED) is 0.607. The Balaban J connectivity index is 2.25. The van der Waals surface area contributed by atoms with Crippen molar-refractivity contribution in [3.63, 3.8) is 0 Å². The van der Waals surface area contributed by atoms with Gasteiger partial charge in [-0.1, -0.05) is 6.07 Å². The largest absolute Gasteiger partial charge is 0.423 e. The maximum Gasteiger partial charge on any atom is 0.346 e. The van der Waals surface area contributed by atoms with Gasteiger partial charge in [-0.2, -0.15) is 0 Å². The summed E-state index contributed by atoms with van der Waals surface area (Å²) in [7, 11) is 0. The first-order chi connectivity index (χ1) is 8.95. The Labute approximate surface area is 109 Å². The monoisotopic (exact) mass is 262 g/mol. The first-order valence-corrected chi connectivity index (χ1v) is 5.71. The van der Waals surface area contributed by atoms with Gasteiger partial charge in [-0.05, 0) is 49.2 Å². The second-order valence-corrected chi connectivity index (χ2v) is 4.34. The number of esters is 1. The van der Waals surface area contributed by atoms with Gasteiger partial charge in [0, 0.05) is 6.07 Å². The number of carbonyl (C=O) groups is 1. The number of hydrogen-bond donors (Lipinski definition) is 0. The van der Waals surface area contributed by atoms with Crippen LogP contribution in [0.15, 0.2) is 36.4 Å². The first-order valence-electron chi connectivity index (χ1n) is 5.71. The molecule has 0 aromatic heterocycles. The minimum Gasteiger partial charge on any atom is -0.423 e. The lowest BCUT2D eigenvalue weighted by Gasteiger charge is -2.07. The lowest BCUT2D eigenvalue weighted by molar-refractivity contribution is 0.0729. The molecule has 0 saturated heterocycles. The fourth-order valence-electron chi connectivity index (χ4n) is 1.81. The molecule has 0 aliphatic carbocycles. The zero-order valence-corrected chi connectivity index (χ0v) is 10.5. The molecule has 0 unspecified atom stereocenters. The molecule has 0 N–H and O–H groups in total. The second-order valence-electron chi connectivity index (χ2n) is 4.34. The van der Waals surface area contributed by atoms with Crippen LogP contribution in [0.4, 0.5) is 8.78 Å². The van der Waals surface area contributed by atoms with Crippen molar-refractivity contribution in [1.29, 1.82) is 0 Å². The van der Waals surface area contributed by atoms with E-state index < -0.39 is 17.6 Å². The van der Waals surface area contributed by atoms with Crippen LogP contribution in [0.2, 0.25) is 0 Å². The Morgan fingerprint density at radius 1 is 1.00 bits per heavy atom. The molecule has 0 fully saturated rings. The highest BCUT2D eigenvalue weighted by Gasteiger charge is 2.15. The molecule has 0 aliphatic heterocycles. The van der Waals surface area contributed by atoms with E-state index in [1.807, 2.05) is 19.9 Å². The number of aryl methyl sites for hydroxylation is 2. The summed E-state index contributed by atoms with van der Waals surface area (Å²) in [5.41, 5.74) is 1.57. The maximum absolute atomic E-state index is 13.4. The lowest BCUT2D eigenvalue weighted by atomic mass is 10.1. The van der Waals surface area contributed by atoms with Gasteiger partial charge in [0.25, 0.3) is 0 Å². The van der Waals surface area contributed by atoms with Crippen LogP contribution in [0, 0.1) is 25.5 Å². The lowest BCUT2D eigenvalue weighted by Crippen LogP contribution is -2.11. The Bertz CT molecular complexity index is 616. The van der Waals surface area contributed by atoms with E-state index in [0.29, 0.717) is 11.8 Å². The summed E-state index contributed by atoms with van der Waals surface area (Å²) in [6, 6.07) is 8.00. The number of ether oxygens (including phenoxy) is 1. The number of benzene rings is 2. The van der Waals surface area contributed by atoms with E-state index in [1.54, 1.807) is 12.1 Å². The van der Waals surface area contributed by atoms with Gasteiger partial charge in [0.1, 0.15) is 17.4 Å². The number of halogens is 2. The molecular weight excluding hydrogens is 250 g/mol. The minimum atomic E-state index is -0.936. The molecule has 2 rings (SSSR count). The summed E-state index contributed by atoms with van der Waals surface area (Å²) in [5, 5.41) is 0. The van der Waals surface area contributed by atoms with Crippen molar-refractivity contribution in [3.8, 4) is 5.75 Å². The van der Waals surface area contributed by atoms with Gasteiger partial charge in [0.15, 0.2) is 0 Å². The van der Waals surface area contributed by atoms with E-state index in [4.69, 9.17) is 4.74 Å². The van der Waals surface area contributed by atoms with Gasteiger partial charge < -0.3 is 4.74 Å². The Morgan fingerprint density at radius 2 is 1.63 bits per heavy atom. The normalized spacial score (nSPS) is 10.3. The molecule has 98 valence electrons. The van der Waals surface area contributed by atoms with E-state index >= 15 is 0 Å². The van der Waals surface area contributed by atoms with E-state index in [-0.39, 0.29) is 5.56 Å².